The third-order valence-corrected chi connectivity index (χ3v) is 2.66. The summed E-state index contributed by atoms with van der Waals surface area (Å²) in [4.78, 5) is 4.34. The Labute approximate surface area is 90.0 Å². The normalized spacial score (nSPS) is 17.1. The first-order valence-corrected chi connectivity index (χ1v) is 5.29. The van der Waals surface area contributed by atoms with E-state index in [-0.39, 0.29) is 0 Å². The Morgan fingerprint density at radius 3 is 2.93 bits per heavy atom. The molecular formula is C12H16N2O. The van der Waals surface area contributed by atoms with Gasteiger partial charge in [-0.15, -0.1) is 0 Å². The molecule has 3 nitrogen and oxygen atoms in total. The molecule has 1 aromatic rings. The highest BCUT2D eigenvalue weighted by molar-refractivity contribution is 5.96. The summed E-state index contributed by atoms with van der Waals surface area (Å²) < 4.78 is 5.48. The summed E-state index contributed by atoms with van der Waals surface area (Å²) in [6.45, 7) is 4.22. The molecule has 0 amide bonds. The van der Waals surface area contributed by atoms with E-state index >= 15 is 0 Å². The number of hydrogen-bond donors (Lipinski definition) is 1. The van der Waals surface area contributed by atoms with E-state index in [0.717, 1.165) is 18.0 Å². The van der Waals surface area contributed by atoms with Crippen LogP contribution >= 0.6 is 0 Å². The minimum Gasteiger partial charge on any atom is -0.476 e. The first-order valence-electron chi connectivity index (χ1n) is 5.29. The second-order valence-corrected chi connectivity index (χ2v) is 3.76. The lowest BCUT2D eigenvalue weighted by molar-refractivity contribution is 0.348. The molecule has 0 aromatic heterocycles. The van der Waals surface area contributed by atoms with Gasteiger partial charge in [0, 0.05) is 5.56 Å². The number of hydrogen-bond acceptors (Lipinski definition) is 3. The summed E-state index contributed by atoms with van der Waals surface area (Å²) >= 11 is 0. The SMILES string of the molecule is CC(CN)c1ccccc1C1=NCCO1. The molecule has 3 heteroatoms. The standard InChI is InChI=1S/C12H16N2O/c1-9(8-13)10-4-2-3-5-11(10)12-14-6-7-15-12/h2-5,9H,6-8,13H2,1H3. The lowest BCUT2D eigenvalue weighted by atomic mass is 9.96. The van der Waals surface area contributed by atoms with Crippen molar-refractivity contribution in [2.24, 2.45) is 10.7 Å². The van der Waals surface area contributed by atoms with Gasteiger partial charge >= 0.3 is 0 Å². The highest BCUT2D eigenvalue weighted by Crippen LogP contribution is 2.21. The van der Waals surface area contributed by atoms with Crippen molar-refractivity contribution in [3.63, 3.8) is 0 Å². The fourth-order valence-corrected chi connectivity index (χ4v) is 1.75. The lowest BCUT2D eigenvalue weighted by Crippen LogP contribution is -2.13. The molecule has 1 aliphatic heterocycles. The van der Waals surface area contributed by atoms with Gasteiger partial charge in [0.15, 0.2) is 0 Å². The van der Waals surface area contributed by atoms with Crippen LogP contribution in [0, 0.1) is 0 Å². The maximum absolute atomic E-state index is 5.69. The summed E-state index contributed by atoms with van der Waals surface area (Å²) in [6.07, 6.45) is 0. The van der Waals surface area contributed by atoms with Crippen LogP contribution in [0.2, 0.25) is 0 Å². The number of nitrogens with zero attached hydrogens (tertiary/aromatic N) is 1. The summed E-state index contributed by atoms with van der Waals surface area (Å²) in [5.74, 6) is 1.11. The number of benzene rings is 1. The molecule has 80 valence electrons. The van der Waals surface area contributed by atoms with E-state index in [4.69, 9.17) is 10.5 Å². The van der Waals surface area contributed by atoms with Crippen molar-refractivity contribution in [2.45, 2.75) is 12.8 Å². The van der Waals surface area contributed by atoms with Crippen molar-refractivity contribution >= 4 is 5.90 Å². The molecule has 2 N–H and O–H groups in total. The zero-order chi connectivity index (χ0) is 10.7. The second kappa shape index (κ2) is 4.45. The highest BCUT2D eigenvalue weighted by atomic mass is 16.5. The van der Waals surface area contributed by atoms with Crippen molar-refractivity contribution in [1.82, 2.24) is 0 Å². The zero-order valence-corrected chi connectivity index (χ0v) is 8.94. The second-order valence-electron chi connectivity index (χ2n) is 3.76. The summed E-state index contributed by atoms with van der Waals surface area (Å²) in [6, 6.07) is 8.18. The molecule has 1 unspecified atom stereocenters. The molecule has 0 radical (unpaired) electrons. The fourth-order valence-electron chi connectivity index (χ4n) is 1.75. The Morgan fingerprint density at radius 1 is 1.47 bits per heavy atom. The molecule has 0 saturated heterocycles. The van der Waals surface area contributed by atoms with Crippen molar-refractivity contribution < 1.29 is 4.74 Å². The van der Waals surface area contributed by atoms with E-state index in [1.54, 1.807) is 0 Å². The molecule has 1 aromatic carbocycles. The Hall–Kier alpha value is -1.35. The average molecular weight is 204 g/mol. The fraction of sp³-hybridized carbons (Fsp3) is 0.417. The maximum atomic E-state index is 5.69. The van der Waals surface area contributed by atoms with Crippen molar-refractivity contribution in [1.29, 1.82) is 0 Å². The topological polar surface area (TPSA) is 47.6 Å². The van der Waals surface area contributed by atoms with E-state index in [1.165, 1.54) is 5.56 Å². The summed E-state index contributed by atoms with van der Waals surface area (Å²) in [5, 5.41) is 0. The molecule has 0 bridgehead atoms. The summed E-state index contributed by atoms with van der Waals surface area (Å²) in [5.41, 5.74) is 8.00. The Balaban J connectivity index is 2.37. The first-order chi connectivity index (χ1) is 7.33. The van der Waals surface area contributed by atoms with Crippen LogP contribution in [0.3, 0.4) is 0 Å². The van der Waals surface area contributed by atoms with Gasteiger partial charge in [-0.05, 0) is 24.1 Å². The van der Waals surface area contributed by atoms with Crippen LogP contribution in [0.1, 0.15) is 24.0 Å². The van der Waals surface area contributed by atoms with Crippen LogP contribution in [0.25, 0.3) is 0 Å². The Morgan fingerprint density at radius 2 is 2.27 bits per heavy atom. The minimum absolute atomic E-state index is 0.341. The molecule has 15 heavy (non-hydrogen) atoms. The smallest absolute Gasteiger partial charge is 0.216 e. The summed E-state index contributed by atoms with van der Waals surface area (Å²) in [7, 11) is 0. The van der Waals surface area contributed by atoms with Gasteiger partial charge in [0.05, 0.1) is 6.54 Å². The largest absolute Gasteiger partial charge is 0.476 e. The average Bonchev–Trinajstić information content (AvgIpc) is 2.81. The van der Waals surface area contributed by atoms with Gasteiger partial charge in [0.25, 0.3) is 0 Å². The van der Waals surface area contributed by atoms with Crippen molar-refractivity contribution in [3.8, 4) is 0 Å². The first kappa shape index (κ1) is 10.2. The van der Waals surface area contributed by atoms with Gasteiger partial charge in [-0.25, -0.2) is 4.99 Å². The highest BCUT2D eigenvalue weighted by Gasteiger charge is 2.16. The molecule has 0 spiro atoms. The van der Waals surface area contributed by atoms with E-state index in [1.807, 2.05) is 18.2 Å². The van der Waals surface area contributed by atoms with Crippen LogP contribution in [-0.4, -0.2) is 25.6 Å². The Bertz CT molecular complexity index is 374. The van der Waals surface area contributed by atoms with E-state index in [0.29, 0.717) is 19.1 Å². The molecule has 1 heterocycles. The van der Waals surface area contributed by atoms with Crippen molar-refractivity contribution in [3.05, 3.63) is 35.4 Å². The Kier molecular flexibility index (Phi) is 3.02. The van der Waals surface area contributed by atoms with Crippen LogP contribution in [0.15, 0.2) is 29.3 Å². The maximum Gasteiger partial charge on any atom is 0.216 e. The van der Waals surface area contributed by atoms with Gasteiger partial charge < -0.3 is 10.5 Å². The number of aliphatic imine (C=N–C) groups is 1. The molecular weight excluding hydrogens is 188 g/mol. The third kappa shape index (κ3) is 2.02. The van der Waals surface area contributed by atoms with E-state index in [9.17, 15) is 0 Å². The third-order valence-electron chi connectivity index (χ3n) is 2.66. The van der Waals surface area contributed by atoms with Crippen molar-refractivity contribution in [2.75, 3.05) is 19.7 Å². The molecule has 2 rings (SSSR count). The van der Waals surface area contributed by atoms with Gasteiger partial charge in [-0.1, -0.05) is 25.1 Å². The number of ether oxygens (including phenoxy) is 1. The zero-order valence-electron chi connectivity index (χ0n) is 8.94. The van der Waals surface area contributed by atoms with Crippen LogP contribution in [-0.2, 0) is 4.74 Å². The number of rotatable bonds is 3. The van der Waals surface area contributed by atoms with E-state index in [2.05, 4.69) is 18.0 Å². The molecule has 1 aliphatic rings. The minimum atomic E-state index is 0.341. The van der Waals surface area contributed by atoms with Crippen LogP contribution < -0.4 is 5.73 Å². The number of nitrogens with two attached hydrogens (primary N) is 1. The quantitative estimate of drug-likeness (QED) is 0.811. The van der Waals surface area contributed by atoms with Gasteiger partial charge in [0.1, 0.15) is 6.61 Å². The van der Waals surface area contributed by atoms with Crippen LogP contribution in [0.5, 0.6) is 0 Å². The van der Waals surface area contributed by atoms with E-state index < -0.39 is 0 Å². The predicted octanol–water partition coefficient (Wildman–Crippen LogP) is 1.53. The monoisotopic (exact) mass is 204 g/mol. The van der Waals surface area contributed by atoms with Gasteiger partial charge in [-0.3, -0.25) is 0 Å². The molecule has 1 atom stereocenters. The molecule has 0 fully saturated rings. The molecule has 0 saturated carbocycles. The van der Waals surface area contributed by atoms with Gasteiger partial charge in [0.2, 0.25) is 5.90 Å². The van der Waals surface area contributed by atoms with Crippen LogP contribution in [0.4, 0.5) is 0 Å². The lowest BCUT2D eigenvalue weighted by Gasteiger charge is -2.14. The molecule has 0 aliphatic carbocycles. The predicted molar refractivity (Wildman–Crippen MR) is 61.3 cm³/mol. The van der Waals surface area contributed by atoms with Gasteiger partial charge in [-0.2, -0.15) is 0 Å².